The van der Waals surface area contributed by atoms with Crippen molar-refractivity contribution in [2.75, 3.05) is 18.0 Å². The molecule has 1 aromatic heterocycles. The van der Waals surface area contributed by atoms with Gasteiger partial charge in [0.15, 0.2) is 0 Å². The first-order chi connectivity index (χ1) is 8.84. The summed E-state index contributed by atoms with van der Waals surface area (Å²) in [7, 11) is 0. The maximum absolute atomic E-state index is 4.58. The number of rotatable bonds is 2. The largest absolute Gasteiger partial charge is 0.352 e. The van der Waals surface area contributed by atoms with E-state index in [0.29, 0.717) is 12.1 Å². The SMILES string of the molecule is Cc1ccnc(N2CCCCC2C2CCCN2)c1. The fourth-order valence-electron chi connectivity index (χ4n) is 3.38. The number of aromatic nitrogens is 1. The lowest BCUT2D eigenvalue weighted by Crippen LogP contribution is -2.50. The van der Waals surface area contributed by atoms with Crippen LogP contribution < -0.4 is 10.2 Å². The quantitative estimate of drug-likeness (QED) is 0.867. The number of hydrogen-bond donors (Lipinski definition) is 1. The van der Waals surface area contributed by atoms with Gasteiger partial charge in [-0.2, -0.15) is 0 Å². The Morgan fingerprint density at radius 1 is 1.28 bits per heavy atom. The van der Waals surface area contributed by atoms with E-state index in [9.17, 15) is 0 Å². The van der Waals surface area contributed by atoms with Crippen LogP contribution in [0.3, 0.4) is 0 Å². The molecule has 2 fully saturated rings. The van der Waals surface area contributed by atoms with Gasteiger partial charge < -0.3 is 10.2 Å². The molecule has 0 aliphatic carbocycles. The van der Waals surface area contributed by atoms with E-state index >= 15 is 0 Å². The molecular weight excluding hydrogens is 222 g/mol. The molecule has 0 spiro atoms. The van der Waals surface area contributed by atoms with Gasteiger partial charge in [-0.1, -0.05) is 0 Å². The maximum atomic E-state index is 4.58. The Balaban J connectivity index is 1.82. The van der Waals surface area contributed by atoms with Gasteiger partial charge in [-0.3, -0.25) is 0 Å². The van der Waals surface area contributed by atoms with Crippen LogP contribution in [-0.4, -0.2) is 30.2 Å². The molecule has 2 atom stereocenters. The van der Waals surface area contributed by atoms with E-state index in [1.807, 2.05) is 6.20 Å². The Labute approximate surface area is 110 Å². The molecular formula is C15H23N3. The molecule has 0 radical (unpaired) electrons. The highest BCUT2D eigenvalue weighted by atomic mass is 15.2. The van der Waals surface area contributed by atoms with Crippen molar-refractivity contribution in [2.24, 2.45) is 0 Å². The number of nitrogens with one attached hydrogen (secondary N) is 1. The fraction of sp³-hybridized carbons (Fsp3) is 0.667. The first kappa shape index (κ1) is 12.0. The maximum Gasteiger partial charge on any atom is 0.129 e. The second kappa shape index (κ2) is 5.27. The predicted octanol–water partition coefficient (Wildman–Crippen LogP) is 2.50. The number of pyridine rings is 1. The van der Waals surface area contributed by atoms with Crippen LogP contribution in [0, 0.1) is 6.92 Å². The van der Waals surface area contributed by atoms with E-state index in [-0.39, 0.29) is 0 Å². The monoisotopic (exact) mass is 245 g/mol. The van der Waals surface area contributed by atoms with Crippen LogP contribution in [0.5, 0.6) is 0 Å². The van der Waals surface area contributed by atoms with E-state index in [4.69, 9.17) is 0 Å². The Kier molecular flexibility index (Phi) is 3.50. The number of anilines is 1. The molecule has 2 saturated heterocycles. The van der Waals surface area contributed by atoms with E-state index in [1.165, 1.54) is 56.6 Å². The van der Waals surface area contributed by atoms with Crippen LogP contribution in [0.2, 0.25) is 0 Å². The number of nitrogens with zero attached hydrogens (tertiary/aromatic N) is 2. The van der Waals surface area contributed by atoms with Crippen molar-refractivity contribution < 1.29 is 0 Å². The van der Waals surface area contributed by atoms with Crippen molar-refractivity contribution in [3.8, 4) is 0 Å². The molecule has 2 unspecified atom stereocenters. The third-order valence-electron chi connectivity index (χ3n) is 4.31. The van der Waals surface area contributed by atoms with Crippen LogP contribution in [0.4, 0.5) is 5.82 Å². The normalized spacial score (nSPS) is 28.6. The van der Waals surface area contributed by atoms with Gasteiger partial charge >= 0.3 is 0 Å². The number of hydrogen-bond acceptors (Lipinski definition) is 3. The summed E-state index contributed by atoms with van der Waals surface area (Å²) in [5.74, 6) is 1.17. The van der Waals surface area contributed by atoms with Crippen LogP contribution in [0.15, 0.2) is 18.3 Å². The number of aryl methyl sites for hydroxylation is 1. The third-order valence-corrected chi connectivity index (χ3v) is 4.31. The molecule has 3 nitrogen and oxygen atoms in total. The average Bonchev–Trinajstić information content (AvgIpc) is 2.92. The van der Waals surface area contributed by atoms with E-state index in [1.54, 1.807) is 0 Å². The molecule has 1 N–H and O–H groups in total. The summed E-state index contributed by atoms with van der Waals surface area (Å²) in [5, 5.41) is 3.67. The summed E-state index contributed by atoms with van der Waals surface area (Å²) in [6, 6.07) is 5.63. The van der Waals surface area contributed by atoms with Crippen molar-refractivity contribution in [3.63, 3.8) is 0 Å². The van der Waals surface area contributed by atoms with Crippen molar-refractivity contribution in [2.45, 2.75) is 51.1 Å². The van der Waals surface area contributed by atoms with Crippen molar-refractivity contribution in [3.05, 3.63) is 23.9 Å². The zero-order valence-electron chi connectivity index (χ0n) is 11.2. The lowest BCUT2D eigenvalue weighted by molar-refractivity contribution is 0.376. The molecule has 0 amide bonds. The lowest BCUT2D eigenvalue weighted by atomic mass is 9.94. The van der Waals surface area contributed by atoms with Gasteiger partial charge in [0.1, 0.15) is 5.82 Å². The minimum absolute atomic E-state index is 0.649. The molecule has 98 valence electrons. The summed E-state index contributed by atoms with van der Waals surface area (Å²) in [6.07, 6.45) is 8.58. The third kappa shape index (κ3) is 2.37. The summed E-state index contributed by atoms with van der Waals surface area (Å²) >= 11 is 0. The topological polar surface area (TPSA) is 28.2 Å². The molecule has 3 heteroatoms. The van der Waals surface area contributed by atoms with Crippen LogP contribution in [0.1, 0.15) is 37.7 Å². The van der Waals surface area contributed by atoms with Crippen LogP contribution in [-0.2, 0) is 0 Å². The highest BCUT2D eigenvalue weighted by molar-refractivity contribution is 5.43. The second-order valence-electron chi connectivity index (χ2n) is 5.65. The van der Waals surface area contributed by atoms with Gasteiger partial charge in [-0.25, -0.2) is 4.98 Å². The Hall–Kier alpha value is -1.09. The highest BCUT2D eigenvalue weighted by Crippen LogP contribution is 2.28. The molecule has 1 aromatic rings. The fourth-order valence-corrected chi connectivity index (χ4v) is 3.38. The standard InChI is InChI=1S/C15H23N3/c1-12-7-9-17-15(11-12)18-10-3-2-6-14(18)13-5-4-8-16-13/h7,9,11,13-14,16H,2-6,8,10H2,1H3. The van der Waals surface area contributed by atoms with E-state index in [2.05, 4.69) is 34.3 Å². The van der Waals surface area contributed by atoms with Crippen LogP contribution in [0.25, 0.3) is 0 Å². The van der Waals surface area contributed by atoms with Gasteiger partial charge in [-0.05, 0) is 63.3 Å². The van der Waals surface area contributed by atoms with Gasteiger partial charge in [0.2, 0.25) is 0 Å². The molecule has 0 saturated carbocycles. The summed E-state index contributed by atoms with van der Waals surface area (Å²) in [5.41, 5.74) is 1.31. The smallest absolute Gasteiger partial charge is 0.129 e. The van der Waals surface area contributed by atoms with Crippen molar-refractivity contribution in [1.29, 1.82) is 0 Å². The van der Waals surface area contributed by atoms with E-state index < -0.39 is 0 Å². The zero-order valence-corrected chi connectivity index (χ0v) is 11.2. The average molecular weight is 245 g/mol. The molecule has 3 heterocycles. The van der Waals surface area contributed by atoms with Gasteiger partial charge in [-0.15, -0.1) is 0 Å². The minimum Gasteiger partial charge on any atom is -0.352 e. The summed E-state index contributed by atoms with van der Waals surface area (Å²) in [4.78, 5) is 7.12. The molecule has 2 aliphatic rings. The Morgan fingerprint density at radius 2 is 2.22 bits per heavy atom. The lowest BCUT2D eigenvalue weighted by Gasteiger charge is -2.40. The Morgan fingerprint density at radius 3 is 3.00 bits per heavy atom. The molecule has 3 rings (SSSR count). The summed E-state index contributed by atoms with van der Waals surface area (Å²) in [6.45, 7) is 4.51. The van der Waals surface area contributed by atoms with Gasteiger partial charge in [0, 0.05) is 24.8 Å². The minimum atomic E-state index is 0.649. The van der Waals surface area contributed by atoms with Gasteiger partial charge in [0.25, 0.3) is 0 Å². The molecule has 0 bridgehead atoms. The number of piperidine rings is 1. The van der Waals surface area contributed by atoms with E-state index in [0.717, 1.165) is 0 Å². The molecule has 18 heavy (non-hydrogen) atoms. The zero-order chi connectivity index (χ0) is 12.4. The highest BCUT2D eigenvalue weighted by Gasteiger charge is 2.32. The molecule has 0 aromatic carbocycles. The predicted molar refractivity (Wildman–Crippen MR) is 75.0 cm³/mol. The molecule has 2 aliphatic heterocycles. The Bertz CT molecular complexity index is 398. The van der Waals surface area contributed by atoms with Gasteiger partial charge in [0.05, 0.1) is 0 Å². The first-order valence-electron chi connectivity index (χ1n) is 7.27. The summed E-state index contributed by atoms with van der Waals surface area (Å²) < 4.78 is 0. The first-order valence-corrected chi connectivity index (χ1v) is 7.27. The second-order valence-corrected chi connectivity index (χ2v) is 5.65. The van der Waals surface area contributed by atoms with Crippen molar-refractivity contribution >= 4 is 5.82 Å². The van der Waals surface area contributed by atoms with Crippen molar-refractivity contribution in [1.82, 2.24) is 10.3 Å². The van der Waals surface area contributed by atoms with Crippen LogP contribution >= 0.6 is 0 Å².